The van der Waals surface area contributed by atoms with E-state index >= 15 is 0 Å². The first kappa shape index (κ1) is 15.9. The summed E-state index contributed by atoms with van der Waals surface area (Å²) in [6.07, 6.45) is -0.841. The maximum Gasteiger partial charge on any atom is 0.186 e. The van der Waals surface area contributed by atoms with Gasteiger partial charge in [-0.3, -0.25) is 0 Å². The van der Waals surface area contributed by atoms with E-state index in [0.29, 0.717) is 33.0 Å². The molecule has 4 atom stereocenters. The maximum atomic E-state index is 5.78. The van der Waals surface area contributed by atoms with E-state index < -0.39 is 0 Å². The lowest BCUT2D eigenvalue weighted by Crippen LogP contribution is -2.57. The number of hydrogen-bond donors (Lipinski definition) is 0. The van der Waals surface area contributed by atoms with Gasteiger partial charge in [-0.1, -0.05) is 0 Å². The Labute approximate surface area is 110 Å². The van der Waals surface area contributed by atoms with Crippen molar-refractivity contribution in [1.82, 2.24) is 0 Å². The highest BCUT2D eigenvalue weighted by Crippen LogP contribution is 2.24. The lowest BCUT2D eigenvalue weighted by atomic mass is 10.0. The molecule has 1 aliphatic heterocycles. The molecule has 0 unspecified atom stereocenters. The van der Waals surface area contributed by atoms with Crippen LogP contribution < -0.4 is 0 Å². The summed E-state index contributed by atoms with van der Waals surface area (Å²) < 4.78 is 28.4. The van der Waals surface area contributed by atoms with Crippen LogP contribution in [0.2, 0.25) is 0 Å². The van der Waals surface area contributed by atoms with Crippen molar-refractivity contribution in [3.05, 3.63) is 0 Å². The van der Waals surface area contributed by atoms with Crippen LogP contribution in [-0.4, -0.2) is 57.6 Å². The van der Waals surface area contributed by atoms with Gasteiger partial charge >= 0.3 is 0 Å². The van der Waals surface area contributed by atoms with Gasteiger partial charge in [0.05, 0.1) is 6.61 Å². The minimum absolute atomic E-state index is 0.0943. The molecule has 0 saturated carbocycles. The molecule has 0 radical (unpaired) electrons. The van der Waals surface area contributed by atoms with Crippen molar-refractivity contribution in [2.45, 2.75) is 52.3 Å². The second-order valence-electron chi connectivity index (χ2n) is 3.99. The molecule has 5 heteroatoms. The molecule has 0 aromatic carbocycles. The zero-order valence-electron chi connectivity index (χ0n) is 11.9. The van der Waals surface area contributed by atoms with Crippen LogP contribution in [0.1, 0.15) is 27.7 Å². The summed E-state index contributed by atoms with van der Waals surface area (Å²) >= 11 is 0. The fraction of sp³-hybridized carbons (Fsp3) is 1.00. The van der Waals surface area contributed by atoms with E-state index in [-0.39, 0.29) is 24.6 Å². The molecule has 1 saturated heterocycles. The molecule has 0 bridgehead atoms. The Hall–Kier alpha value is -0.200. The SMILES string of the molecule is CCO[C@H]1OC[C@@H](OCC)[C@H](OCC)[C@H]1OCC. The predicted octanol–water partition coefficient (Wildman–Crippen LogP) is 1.59. The van der Waals surface area contributed by atoms with Crippen molar-refractivity contribution in [2.24, 2.45) is 0 Å². The van der Waals surface area contributed by atoms with E-state index in [1.54, 1.807) is 0 Å². The van der Waals surface area contributed by atoms with E-state index in [1.807, 2.05) is 27.7 Å². The van der Waals surface area contributed by atoms with Gasteiger partial charge in [0.15, 0.2) is 6.29 Å². The summed E-state index contributed by atoms with van der Waals surface area (Å²) in [6, 6.07) is 0. The molecule has 0 aromatic heterocycles. The maximum absolute atomic E-state index is 5.78. The van der Waals surface area contributed by atoms with Crippen LogP contribution in [0, 0.1) is 0 Å². The second kappa shape index (κ2) is 8.82. The first-order valence-corrected chi connectivity index (χ1v) is 6.86. The van der Waals surface area contributed by atoms with E-state index in [1.165, 1.54) is 0 Å². The summed E-state index contributed by atoms with van der Waals surface area (Å²) in [4.78, 5) is 0. The lowest BCUT2D eigenvalue weighted by Gasteiger charge is -2.41. The van der Waals surface area contributed by atoms with Gasteiger partial charge in [0.1, 0.15) is 18.3 Å². The molecule has 0 aromatic rings. The fourth-order valence-electron chi connectivity index (χ4n) is 2.17. The smallest absolute Gasteiger partial charge is 0.186 e. The third-order valence-corrected chi connectivity index (χ3v) is 2.81. The minimum atomic E-state index is -0.372. The highest BCUT2D eigenvalue weighted by atomic mass is 16.7. The normalized spacial score (nSPS) is 32.7. The van der Waals surface area contributed by atoms with E-state index in [2.05, 4.69) is 0 Å². The first-order chi connectivity index (χ1) is 8.78. The number of rotatable bonds is 8. The van der Waals surface area contributed by atoms with Gasteiger partial charge in [-0.05, 0) is 27.7 Å². The Balaban J connectivity index is 2.72. The molecule has 1 fully saturated rings. The van der Waals surface area contributed by atoms with Crippen LogP contribution in [0.5, 0.6) is 0 Å². The average molecular weight is 262 g/mol. The monoisotopic (exact) mass is 262 g/mol. The third kappa shape index (κ3) is 4.17. The number of hydrogen-bond acceptors (Lipinski definition) is 5. The molecule has 0 spiro atoms. The van der Waals surface area contributed by atoms with Crippen LogP contribution in [0.3, 0.4) is 0 Å². The van der Waals surface area contributed by atoms with Gasteiger partial charge in [0, 0.05) is 26.4 Å². The van der Waals surface area contributed by atoms with Crippen LogP contribution in [0.25, 0.3) is 0 Å². The van der Waals surface area contributed by atoms with Gasteiger partial charge < -0.3 is 23.7 Å². The van der Waals surface area contributed by atoms with Crippen molar-refractivity contribution >= 4 is 0 Å². The summed E-state index contributed by atoms with van der Waals surface area (Å²) in [7, 11) is 0. The Kier molecular flexibility index (Phi) is 7.77. The van der Waals surface area contributed by atoms with Gasteiger partial charge in [0.25, 0.3) is 0 Å². The molecule has 5 nitrogen and oxygen atoms in total. The molecular formula is C13H26O5. The molecule has 1 rings (SSSR count). The van der Waals surface area contributed by atoms with Crippen molar-refractivity contribution in [3.8, 4) is 0 Å². The second-order valence-corrected chi connectivity index (χ2v) is 3.99. The number of ether oxygens (including phenoxy) is 5. The van der Waals surface area contributed by atoms with Gasteiger partial charge in [-0.15, -0.1) is 0 Å². The summed E-state index contributed by atoms with van der Waals surface area (Å²) in [5, 5.41) is 0. The summed E-state index contributed by atoms with van der Waals surface area (Å²) in [5.74, 6) is 0. The Bertz CT molecular complexity index is 190. The summed E-state index contributed by atoms with van der Waals surface area (Å²) in [5.41, 5.74) is 0. The van der Waals surface area contributed by atoms with Crippen LogP contribution in [-0.2, 0) is 23.7 Å². The molecular weight excluding hydrogens is 236 g/mol. The van der Waals surface area contributed by atoms with Gasteiger partial charge in [-0.25, -0.2) is 0 Å². The Morgan fingerprint density at radius 3 is 1.89 bits per heavy atom. The molecule has 0 N–H and O–H groups in total. The van der Waals surface area contributed by atoms with Gasteiger partial charge in [0.2, 0.25) is 0 Å². The van der Waals surface area contributed by atoms with Crippen molar-refractivity contribution in [1.29, 1.82) is 0 Å². The van der Waals surface area contributed by atoms with Crippen molar-refractivity contribution < 1.29 is 23.7 Å². The van der Waals surface area contributed by atoms with E-state index in [0.717, 1.165) is 0 Å². The van der Waals surface area contributed by atoms with Crippen molar-refractivity contribution in [2.75, 3.05) is 33.0 Å². The first-order valence-electron chi connectivity index (χ1n) is 6.86. The minimum Gasteiger partial charge on any atom is -0.373 e. The zero-order chi connectivity index (χ0) is 13.4. The van der Waals surface area contributed by atoms with E-state index in [4.69, 9.17) is 23.7 Å². The lowest BCUT2D eigenvalue weighted by molar-refractivity contribution is -0.291. The quantitative estimate of drug-likeness (QED) is 0.665. The zero-order valence-corrected chi connectivity index (χ0v) is 11.9. The Morgan fingerprint density at radius 2 is 1.33 bits per heavy atom. The molecule has 0 amide bonds. The van der Waals surface area contributed by atoms with Crippen molar-refractivity contribution in [3.63, 3.8) is 0 Å². The molecule has 18 heavy (non-hydrogen) atoms. The molecule has 1 aliphatic rings. The van der Waals surface area contributed by atoms with Crippen LogP contribution >= 0.6 is 0 Å². The van der Waals surface area contributed by atoms with Crippen LogP contribution in [0.4, 0.5) is 0 Å². The molecule has 108 valence electrons. The van der Waals surface area contributed by atoms with Crippen LogP contribution in [0.15, 0.2) is 0 Å². The molecule has 1 heterocycles. The fourth-order valence-corrected chi connectivity index (χ4v) is 2.17. The molecule has 0 aliphatic carbocycles. The third-order valence-electron chi connectivity index (χ3n) is 2.81. The average Bonchev–Trinajstić information content (AvgIpc) is 2.37. The highest BCUT2D eigenvalue weighted by Gasteiger charge is 2.42. The van der Waals surface area contributed by atoms with E-state index in [9.17, 15) is 0 Å². The predicted molar refractivity (Wildman–Crippen MR) is 67.6 cm³/mol. The summed E-state index contributed by atoms with van der Waals surface area (Å²) in [6.45, 7) is 10.8. The Morgan fingerprint density at radius 1 is 0.778 bits per heavy atom. The highest BCUT2D eigenvalue weighted by molar-refractivity contribution is 4.86. The standard InChI is InChI=1S/C13H26O5/c1-5-14-10-9-18-13(17-8-4)12(16-7-3)11(10)15-6-2/h10-13H,5-9H2,1-4H3/t10-,11+,12-,13+/m1/s1. The topological polar surface area (TPSA) is 46.2 Å². The largest absolute Gasteiger partial charge is 0.373 e. The van der Waals surface area contributed by atoms with Gasteiger partial charge in [-0.2, -0.15) is 0 Å².